The summed E-state index contributed by atoms with van der Waals surface area (Å²) in [6.45, 7) is 10.3. The van der Waals surface area contributed by atoms with Gasteiger partial charge in [-0.15, -0.1) is 35.3 Å². The minimum atomic E-state index is 0. The van der Waals surface area contributed by atoms with E-state index >= 15 is 0 Å². The first-order valence-electron chi connectivity index (χ1n) is 9.83. The second-order valence-corrected chi connectivity index (χ2v) is 8.19. The summed E-state index contributed by atoms with van der Waals surface area (Å²) in [5.41, 5.74) is 0. The minimum absolute atomic E-state index is 0. The summed E-state index contributed by atoms with van der Waals surface area (Å²) in [5, 5.41) is 9.15. The third kappa shape index (κ3) is 8.23. The molecular formula is C19H34IN5OS. The van der Waals surface area contributed by atoms with Gasteiger partial charge in [-0.05, 0) is 36.8 Å². The van der Waals surface area contributed by atoms with Crippen LogP contribution in [0.4, 0.5) is 0 Å². The fourth-order valence-electron chi connectivity index (χ4n) is 3.70. The minimum Gasteiger partial charge on any atom is -0.379 e. The summed E-state index contributed by atoms with van der Waals surface area (Å²) >= 11 is 1.86. The highest BCUT2D eigenvalue weighted by Gasteiger charge is 2.20. The largest absolute Gasteiger partial charge is 0.379 e. The van der Waals surface area contributed by atoms with Gasteiger partial charge >= 0.3 is 0 Å². The maximum absolute atomic E-state index is 5.39. The van der Waals surface area contributed by atoms with Crippen molar-refractivity contribution in [3.05, 3.63) is 22.4 Å². The number of nitrogens with zero attached hydrogens (tertiary/aromatic N) is 3. The number of morpholine rings is 1. The molecule has 1 aromatic heterocycles. The van der Waals surface area contributed by atoms with E-state index < -0.39 is 0 Å². The number of likely N-dealkylation sites (tertiary alicyclic amines) is 1. The Morgan fingerprint density at radius 2 is 2.11 bits per heavy atom. The number of rotatable bonds is 7. The van der Waals surface area contributed by atoms with Crippen LogP contribution in [0.3, 0.4) is 0 Å². The molecule has 2 fully saturated rings. The van der Waals surface area contributed by atoms with Gasteiger partial charge in [-0.2, -0.15) is 0 Å². The molecule has 1 aromatic rings. The number of thiophene rings is 1. The Kier molecular flexibility index (Phi) is 10.9. The number of hydrogen-bond donors (Lipinski definition) is 2. The van der Waals surface area contributed by atoms with Gasteiger partial charge in [0.1, 0.15) is 0 Å². The number of nitrogens with one attached hydrogen (secondary N) is 2. The smallest absolute Gasteiger partial charge is 0.191 e. The fraction of sp³-hybridized carbons (Fsp3) is 0.737. The Morgan fingerprint density at radius 3 is 2.85 bits per heavy atom. The normalized spacial score (nSPS) is 22.3. The zero-order chi connectivity index (χ0) is 18.0. The van der Waals surface area contributed by atoms with Crippen LogP contribution in [-0.2, 0) is 11.3 Å². The van der Waals surface area contributed by atoms with Crippen LogP contribution in [0.5, 0.6) is 0 Å². The highest BCUT2D eigenvalue weighted by Crippen LogP contribution is 2.19. The molecule has 27 heavy (non-hydrogen) atoms. The van der Waals surface area contributed by atoms with Crippen LogP contribution in [0, 0.1) is 5.92 Å². The molecule has 6 nitrogen and oxygen atoms in total. The first-order valence-corrected chi connectivity index (χ1v) is 10.7. The van der Waals surface area contributed by atoms with Crippen molar-refractivity contribution in [3.63, 3.8) is 0 Å². The Morgan fingerprint density at radius 1 is 1.26 bits per heavy atom. The van der Waals surface area contributed by atoms with E-state index in [0.29, 0.717) is 5.92 Å². The SMILES string of the molecule is CN=C(NCCN1CCOCC1)NCC1CCCN(Cc2cccs2)C1.I. The van der Waals surface area contributed by atoms with Crippen molar-refractivity contribution in [2.45, 2.75) is 19.4 Å². The van der Waals surface area contributed by atoms with Crippen molar-refractivity contribution in [1.29, 1.82) is 0 Å². The number of piperidine rings is 1. The van der Waals surface area contributed by atoms with E-state index in [1.165, 1.54) is 30.8 Å². The summed E-state index contributed by atoms with van der Waals surface area (Å²) < 4.78 is 5.39. The van der Waals surface area contributed by atoms with Crippen LogP contribution >= 0.6 is 35.3 Å². The Labute approximate surface area is 184 Å². The lowest BCUT2D eigenvalue weighted by molar-refractivity contribution is 0.0389. The second-order valence-electron chi connectivity index (χ2n) is 7.16. The van der Waals surface area contributed by atoms with Gasteiger partial charge in [0.2, 0.25) is 0 Å². The quantitative estimate of drug-likeness (QED) is 0.337. The van der Waals surface area contributed by atoms with Crippen molar-refractivity contribution >= 4 is 41.3 Å². The van der Waals surface area contributed by atoms with Crippen molar-refractivity contribution < 1.29 is 4.74 Å². The van der Waals surface area contributed by atoms with Gasteiger partial charge in [0.15, 0.2) is 5.96 Å². The van der Waals surface area contributed by atoms with Gasteiger partial charge in [-0.1, -0.05) is 6.07 Å². The van der Waals surface area contributed by atoms with Gasteiger partial charge < -0.3 is 15.4 Å². The predicted octanol–water partition coefficient (Wildman–Crippen LogP) is 2.08. The van der Waals surface area contributed by atoms with E-state index in [1.807, 2.05) is 18.4 Å². The third-order valence-electron chi connectivity index (χ3n) is 5.17. The maximum atomic E-state index is 5.39. The second kappa shape index (κ2) is 12.9. The summed E-state index contributed by atoms with van der Waals surface area (Å²) in [6.07, 6.45) is 2.60. The molecule has 0 aliphatic carbocycles. The van der Waals surface area contributed by atoms with Gasteiger partial charge in [0.25, 0.3) is 0 Å². The third-order valence-corrected chi connectivity index (χ3v) is 6.03. The van der Waals surface area contributed by atoms with Gasteiger partial charge in [0.05, 0.1) is 13.2 Å². The van der Waals surface area contributed by atoms with E-state index in [2.05, 4.69) is 42.9 Å². The summed E-state index contributed by atoms with van der Waals surface area (Å²) in [4.78, 5) is 10.9. The molecule has 0 radical (unpaired) electrons. The summed E-state index contributed by atoms with van der Waals surface area (Å²) in [6, 6.07) is 4.39. The zero-order valence-corrected chi connectivity index (χ0v) is 19.5. The van der Waals surface area contributed by atoms with Crippen LogP contribution in [0.2, 0.25) is 0 Å². The molecule has 1 unspecified atom stereocenters. The molecule has 0 aromatic carbocycles. The maximum Gasteiger partial charge on any atom is 0.191 e. The molecule has 0 bridgehead atoms. The predicted molar refractivity (Wildman–Crippen MR) is 124 cm³/mol. The van der Waals surface area contributed by atoms with Crippen molar-refractivity contribution in [2.24, 2.45) is 10.9 Å². The molecule has 0 saturated carbocycles. The van der Waals surface area contributed by atoms with Crippen LogP contribution in [0.15, 0.2) is 22.5 Å². The Balaban J connectivity index is 0.00000261. The lowest BCUT2D eigenvalue weighted by Crippen LogP contribution is -2.46. The molecule has 0 amide bonds. The van der Waals surface area contributed by atoms with Crippen molar-refractivity contribution in [1.82, 2.24) is 20.4 Å². The number of hydrogen-bond acceptors (Lipinski definition) is 5. The van der Waals surface area contributed by atoms with E-state index in [9.17, 15) is 0 Å². The van der Waals surface area contributed by atoms with E-state index in [4.69, 9.17) is 4.74 Å². The molecule has 3 rings (SSSR count). The molecule has 3 heterocycles. The van der Waals surface area contributed by atoms with E-state index in [1.54, 1.807) is 0 Å². The van der Waals surface area contributed by atoms with Gasteiger partial charge in [-0.25, -0.2) is 0 Å². The lowest BCUT2D eigenvalue weighted by atomic mass is 9.98. The summed E-state index contributed by atoms with van der Waals surface area (Å²) in [5.74, 6) is 1.62. The fourth-order valence-corrected chi connectivity index (χ4v) is 4.45. The number of ether oxygens (including phenoxy) is 1. The highest BCUT2D eigenvalue weighted by atomic mass is 127. The van der Waals surface area contributed by atoms with Gasteiger partial charge in [0, 0.05) is 57.7 Å². The molecule has 0 spiro atoms. The molecule has 1 atom stereocenters. The standard InChI is InChI=1S/C19H33N5OS.HI/c1-20-19(21-6-8-23-9-11-25-12-10-23)22-14-17-4-2-7-24(15-17)16-18-5-3-13-26-18;/h3,5,13,17H,2,4,6-12,14-16H2,1H3,(H2,20,21,22);1H. The first kappa shape index (κ1) is 22.9. The van der Waals surface area contributed by atoms with Crippen molar-refractivity contribution in [2.75, 3.05) is 66.1 Å². The Hall–Kier alpha value is -0.420. The van der Waals surface area contributed by atoms with Crippen LogP contribution in [0.25, 0.3) is 0 Å². The molecule has 8 heteroatoms. The van der Waals surface area contributed by atoms with Crippen LogP contribution < -0.4 is 10.6 Å². The highest BCUT2D eigenvalue weighted by molar-refractivity contribution is 14.0. The Bertz CT molecular complexity index is 536. The number of guanidine groups is 1. The first-order chi connectivity index (χ1) is 12.8. The molecule has 154 valence electrons. The average Bonchev–Trinajstić information content (AvgIpc) is 3.18. The van der Waals surface area contributed by atoms with Gasteiger partial charge in [-0.3, -0.25) is 14.8 Å². The average molecular weight is 507 g/mol. The van der Waals surface area contributed by atoms with Crippen LogP contribution in [0.1, 0.15) is 17.7 Å². The molecule has 2 aliphatic heterocycles. The zero-order valence-electron chi connectivity index (χ0n) is 16.4. The molecule has 2 aliphatic rings. The summed E-state index contributed by atoms with van der Waals surface area (Å²) in [7, 11) is 1.86. The molecular weight excluding hydrogens is 473 g/mol. The van der Waals surface area contributed by atoms with E-state index in [0.717, 1.165) is 58.4 Å². The molecule has 2 N–H and O–H groups in total. The number of halogens is 1. The topological polar surface area (TPSA) is 52.1 Å². The lowest BCUT2D eigenvalue weighted by Gasteiger charge is -2.33. The van der Waals surface area contributed by atoms with E-state index in [-0.39, 0.29) is 24.0 Å². The van der Waals surface area contributed by atoms with Crippen molar-refractivity contribution in [3.8, 4) is 0 Å². The number of aliphatic imine (C=N–C) groups is 1. The molecule has 2 saturated heterocycles. The van der Waals surface area contributed by atoms with Crippen LogP contribution in [-0.4, -0.2) is 81.8 Å². The monoisotopic (exact) mass is 507 g/mol.